The maximum atomic E-state index is 4.15. The van der Waals surface area contributed by atoms with Gasteiger partial charge in [-0.1, -0.05) is 10.8 Å². The molecule has 0 aliphatic carbocycles. The highest BCUT2D eigenvalue weighted by Gasteiger charge is 2.19. The van der Waals surface area contributed by atoms with E-state index in [-0.39, 0.29) is 0 Å². The van der Waals surface area contributed by atoms with Crippen molar-refractivity contribution in [1.82, 2.24) is 4.90 Å². The quantitative estimate of drug-likeness (QED) is 0.446. The van der Waals surface area contributed by atoms with Gasteiger partial charge in [-0.2, -0.15) is 0 Å². The van der Waals surface area contributed by atoms with Gasteiger partial charge in [-0.25, -0.2) is 0 Å². The molecule has 1 heterocycles. The first-order valence-corrected chi connectivity index (χ1v) is 4.78. The molecule has 3 heteroatoms. The van der Waals surface area contributed by atoms with Gasteiger partial charge in [0.2, 0.25) is 0 Å². The molecule has 0 unspecified atom stereocenters. The summed E-state index contributed by atoms with van der Waals surface area (Å²) in [5, 5.41) is 0.679. The van der Waals surface area contributed by atoms with Gasteiger partial charge in [0.1, 0.15) is 0 Å². The van der Waals surface area contributed by atoms with Crippen LogP contribution < -0.4 is 0 Å². The highest BCUT2D eigenvalue weighted by molar-refractivity contribution is 8.68. The van der Waals surface area contributed by atoms with Crippen LogP contribution in [0.15, 0.2) is 0 Å². The first-order chi connectivity index (χ1) is 3.84. The second kappa shape index (κ2) is 2.99. The molecule has 0 radical (unpaired) electrons. The Kier molecular flexibility index (Phi) is 2.53. The van der Waals surface area contributed by atoms with Crippen molar-refractivity contribution in [3.05, 3.63) is 0 Å². The number of likely N-dealkylation sites (tertiary alicyclic amines) is 1. The van der Waals surface area contributed by atoms with Gasteiger partial charge < -0.3 is 0 Å². The van der Waals surface area contributed by atoms with Crippen molar-refractivity contribution in [2.45, 2.75) is 18.2 Å². The van der Waals surface area contributed by atoms with Crippen molar-refractivity contribution in [1.29, 1.82) is 0 Å². The van der Waals surface area contributed by atoms with E-state index in [2.05, 4.69) is 23.6 Å². The third kappa shape index (κ3) is 1.33. The van der Waals surface area contributed by atoms with Gasteiger partial charge in [-0.15, -0.1) is 11.7 Å². The monoisotopic (exact) mass is 149 g/mol. The highest BCUT2D eigenvalue weighted by Crippen LogP contribution is 2.27. The minimum Gasteiger partial charge on any atom is -0.294 e. The summed E-state index contributed by atoms with van der Waals surface area (Å²) in [7, 11) is 3.81. The molecule has 1 aliphatic heterocycles. The van der Waals surface area contributed by atoms with Gasteiger partial charge in [0, 0.05) is 0 Å². The molecule has 0 saturated carbocycles. The van der Waals surface area contributed by atoms with Gasteiger partial charge >= 0.3 is 0 Å². The molecule has 0 aromatic carbocycles. The largest absolute Gasteiger partial charge is 0.294 e. The van der Waals surface area contributed by atoms with E-state index >= 15 is 0 Å². The van der Waals surface area contributed by atoms with Crippen LogP contribution in [0.25, 0.3) is 0 Å². The Morgan fingerprint density at radius 2 is 2.50 bits per heavy atom. The number of hydrogen-bond acceptors (Lipinski definition) is 3. The lowest BCUT2D eigenvalue weighted by atomic mass is 10.4. The minimum atomic E-state index is 0.679. The molecule has 1 fully saturated rings. The number of hydrogen-bond donors (Lipinski definition) is 1. The fraction of sp³-hybridized carbons (Fsp3) is 1.00. The van der Waals surface area contributed by atoms with Crippen LogP contribution in [0, 0.1) is 0 Å². The number of thiol groups is 1. The van der Waals surface area contributed by atoms with Crippen LogP contribution in [-0.2, 0) is 0 Å². The molecule has 0 spiro atoms. The van der Waals surface area contributed by atoms with Crippen LogP contribution in [0.3, 0.4) is 0 Å². The molecule has 0 bridgehead atoms. The van der Waals surface area contributed by atoms with Gasteiger partial charge in [0.05, 0.1) is 5.37 Å². The van der Waals surface area contributed by atoms with E-state index in [1.165, 1.54) is 19.4 Å². The van der Waals surface area contributed by atoms with E-state index in [4.69, 9.17) is 0 Å². The Hall–Kier alpha value is 0.660. The SMILES string of the molecule is CN1CCC[C@H]1SS. The maximum absolute atomic E-state index is 4.15. The molecule has 8 heavy (non-hydrogen) atoms. The lowest BCUT2D eigenvalue weighted by Gasteiger charge is -2.14. The van der Waals surface area contributed by atoms with E-state index < -0.39 is 0 Å². The molecular weight excluding hydrogens is 138 g/mol. The molecule has 0 N–H and O–H groups in total. The van der Waals surface area contributed by atoms with Crippen molar-refractivity contribution < 1.29 is 0 Å². The molecule has 0 amide bonds. The summed E-state index contributed by atoms with van der Waals surface area (Å²) in [5.41, 5.74) is 0. The van der Waals surface area contributed by atoms with Crippen molar-refractivity contribution in [2.75, 3.05) is 13.6 Å². The third-order valence-corrected chi connectivity index (χ3v) is 3.14. The molecule has 1 atom stereocenters. The van der Waals surface area contributed by atoms with Crippen LogP contribution >= 0.6 is 22.5 Å². The average Bonchev–Trinajstić information content (AvgIpc) is 2.14. The predicted octanol–water partition coefficient (Wildman–Crippen LogP) is 1.62. The molecule has 0 aromatic rings. The zero-order valence-corrected chi connectivity index (χ0v) is 6.71. The zero-order chi connectivity index (χ0) is 5.98. The summed E-state index contributed by atoms with van der Waals surface area (Å²) in [5.74, 6) is 0. The van der Waals surface area contributed by atoms with Gasteiger partial charge in [-0.3, -0.25) is 4.90 Å². The maximum Gasteiger partial charge on any atom is 0.0657 e. The lowest BCUT2D eigenvalue weighted by Crippen LogP contribution is -2.20. The summed E-state index contributed by atoms with van der Waals surface area (Å²) in [4.78, 5) is 2.34. The standard InChI is InChI=1S/C5H11NS2/c1-6-4-2-3-5(6)8-7/h5,7H,2-4H2,1H3/t5-/m1/s1. The van der Waals surface area contributed by atoms with E-state index in [9.17, 15) is 0 Å². The lowest BCUT2D eigenvalue weighted by molar-refractivity contribution is 0.392. The Bertz CT molecular complexity index is 76.8. The van der Waals surface area contributed by atoms with Crippen LogP contribution in [0.2, 0.25) is 0 Å². The van der Waals surface area contributed by atoms with Crippen LogP contribution in [0.1, 0.15) is 12.8 Å². The second-order valence-electron chi connectivity index (χ2n) is 2.18. The van der Waals surface area contributed by atoms with E-state index in [0.717, 1.165) is 0 Å². The molecule has 1 aliphatic rings. The summed E-state index contributed by atoms with van der Waals surface area (Å²) >= 11 is 4.15. The second-order valence-corrected chi connectivity index (χ2v) is 3.57. The first-order valence-electron chi connectivity index (χ1n) is 2.85. The summed E-state index contributed by atoms with van der Waals surface area (Å²) < 4.78 is 0. The molecule has 0 aromatic heterocycles. The Morgan fingerprint density at radius 3 is 2.75 bits per heavy atom. The van der Waals surface area contributed by atoms with Crippen molar-refractivity contribution in [2.24, 2.45) is 0 Å². The smallest absolute Gasteiger partial charge is 0.0657 e. The Labute approximate surface area is 59.6 Å². The van der Waals surface area contributed by atoms with Crippen molar-refractivity contribution in [3.63, 3.8) is 0 Å². The van der Waals surface area contributed by atoms with Gasteiger partial charge in [0.15, 0.2) is 0 Å². The normalized spacial score (nSPS) is 31.5. The van der Waals surface area contributed by atoms with Crippen LogP contribution in [0.5, 0.6) is 0 Å². The Morgan fingerprint density at radius 1 is 1.75 bits per heavy atom. The Balaban J connectivity index is 2.30. The molecule has 1 nitrogen and oxygen atoms in total. The highest BCUT2D eigenvalue weighted by atomic mass is 33.1. The van der Waals surface area contributed by atoms with E-state index in [0.29, 0.717) is 5.37 Å². The summed E-state index contributed by atoms with van der Waals surface area (Å²) in [6, 6.07) is 0. The zero-order valence-electron chi connectivity index (χ0n) is 5.00. The first kappa shape index (κ1) is 6.78. The average molecular weight is 149 g/mol. The van der Waals surface area contributed by atoms with Crippen LogP contribution in [0.4, 0.5) is 0 Å². The van der Waals surface area contributed by atoms with Crippen molar-refractivity contribution >= 4 is 22.5 Å². The molecule has 1 saturated heterocycles. The molecular formula is C5H11NS2. The predicted molar refractivity (Wildman–Crippen MR) is 42.2 cm³/mol. The van der Waals surface area contributed by atoms with Crippen molar-refractivity contribution in [3.8, 4) is 0 Å². The van der Waals surface area contributed by atoms with Gasteiger partial charge in [-0.05, 0) is 26.4 Å². The topological polar surface area (TPSA) is 3.24 Å². The van der Waals surface area contributed by atoms with E-state index in [1.54, 1.807) is 10.8 Å². The van der Waals surface area contributed by atoms with Crippen LogP contribution in [-0.4, -0.2) is 23.9 Å². The molecule has 1 rings (SSSR count). The third-order valence-electron chi connectivity index (χ3n) is 1.58. The molecule has 48 valence electrons. The number of nitrogens with zero attached hydrogens (tertiary/aromatic N) is 1. The van der Waals surface area contributed by atoms with E-state index in [1.807, 2.05) is 0 Å². The van der Waals surface area contributed by atoms with Gasteiger partial charge in [0.25, 0.3) is 0 Å². The fourth-order valence-electron chi connectivity index (χ4n) is 1.01. The summed E-state index contributed by atoms with van der Waals surface area (Å²) in [6.07, 6.45) is 2.65. The summed E-state index contributed by atoms with van der Waals surface area (Å²) in [6.45, 7) is 1.25. The minimum absolute atomic E-state index is 0.679. The number of rotatable bonds is 1. The fourth-order valence-corrected chi connectivity index (χ4v) is 2.35.